The molecule has 0 aliphatic carbocycles. The van der Waals surface area contributed by atoms with E-state index in [1.807, 2.05) is 70.2 Å². The van der Waals surface area contributed by atoms with Crippen LogP contribution in [-0.2, 0) is 16.1 Å². The van der Waals surface area contributed by atoms with Gasteiger partial charge in [-0.25, -0.2) is 0 Å². The summed E-state index contributed by atoms with van der Waals surface area (Å²) in [5, 5.41) is 34.2. The molecule has 1 aliphatic heterocycles. The summed E-state index contributed by atoms with van der Waals surface area (Å²) in [4.78, 5) is 36.7. The van der Waals surface area contributed by atoms with Gasteiger partial charge in [-0.1, -0.05) is 49.3 Å². The fourth-order valence-corrected chi connectivity index (χ4v) is 4.82. The van der Waals surface area contributed by atoms with Crippen molar-refractivity contribution in [3.63, 3.8) is 0 Å². The molecule has 4 rings (SSSR count). The van der Waals surface area contributed by atoms with Crippen LogP contribution >= 0.6 is 0 Å². The van der Waals surface area contributed by atoms with Crippen molar-refractivity contribution in [3.8, 4) is 11.3 Å². The highest BCUT2D eigenvalue weighted by atomic mass is 16.7. The fraction of sp³-hybridized carbons (Fsp3) is 0.414. The van der Waals surface area contributed by atoms with Crippen LogP contribution in [0.15, 0.2) is 66.1 Å². The zero-order chi connectivity index (χ0) is 29.6. The zero-order valence-corrected chi connectivity index (χ0v) is 23.8. The van der Waals surface area contributed by atoms with E-state index in [1.165, 1.54) is 0 Å². The Bertz CT molecular complexity index is 1360. The molecule has 4 N–H and O–H groups in total. The third-order valence-electron chi connectivity index (χ3n) is 6.87. The molecule has 0 fully saturated rings. The van der Waals surface area contributed by atoms with Crippen molar-refractivity contribution in [1.82, 2.24) is 25.4 Å². The molecule has 2 amide bonds. The van der Waals surface area contributed by atoms with Crippen LogP contribution in [-0.4, -0.2) is 67.5 Å². The van der Waals surface area contributed by atoms with E-state index in [-0.39, 0.29) is 37.3 Å². The van der Waals surface area contributed by atoms with Crippen LogP contribution in [0.2, 0.25) is 0 Å². The highest BCUT2D eigenvalue weighted by molar-refractivity contribution is 6.43. The Balaban J connectivity index is 1.49. The van der Waals surface area contributed by atoms with Gasteiger partial charge < -0.3 is 25.5 Å². The van der Waals surface area contributed by atoms with E-state index in [0.717, 1.165) is 11.1 Å². The van der Waals surface area contributed by atoms with Crippen molar-refractivity contribution >= 4 is 24.6 Å². The van der Waals surface area contributed by atoms with Gasteiger partial charge >= 0.3 is 7.12 Å². The largest absolute Gasteiger partial charge is 0.475 e. The number of hydrogen-bond donors (Lipinski definition) is 4. The number of nitrogens with zero attached hydrogens (tertiary/aromatic N) is 4. The van der Waals surface area contributed by atoms with Crippen LogP contribution in [0, 0.1) is 5.92 Å². The number of carbonyl (C=O) groups excluding carboxylic acids is 2. The maximum absolute atomic E-state index is 13.6. The first kappa shape index (κ1) is 29.9. The number of aromatic nitrogens is 3. The van der Waals surface area contributed by atoms with Gasteiger partial charge in [0.25, 0.3) is 11.8 Å². The third kappa shape index (κ3) is 7.39. The lowest BCUT2D eigenvalue weighted by Gasteiger charge is -2.29. The number of amides is 2. The molecule has 2 atom stereocenters. The molecule has 0 bridgehead atoms. The number of oxime groups is 1. The minimum Gasteiger partial charge on any atom is -0.426 e. The van der Waals surface area contributed by atoms with E-state index in [9.17, 15) is 19.6 Å². The summed E-state index contributed by atoms with van der Waals surface area (Å²) >= 11 is 0. The van der Waals surface area contributed by atoms with E-state index in [1.54, 1.807) is 23.1 Å². The Morgan fingerprint density at radius 1 is 1.10 bits per heavy atom. The second-order valence-electron chi connectivity index (χ2n) is 11.1. The molecule has 41 heavy (non-hydrogen) atoms. The Morgan fingerprint density at radius 2 is 1.80 bits per heavy atom. The monoisotopic (exact) mass is 560 g/mol. The van der Waals surface area contributed by atoms with Gasteiger partial charge in [0.05, 0.1) is 23.9 Å². The number of rotatable bonds is 12. The van der Waals surface area contributed by atoms with Gasteiger partial charge in [0.2, 0.25) is 5.60 Å². The Hall–Kier alpha value is -4.03. The van der Waals surface area contributed by atoms with Crippen LogP contribution < -0.4 is 10.6 Å². The molecule has 2 unspecified atom stereocenters. The molecule has 0 spiro atoms. The van der Waals surface area contributed by atoms with Gasteiger partial charge in [-0.3, -0.25) is 19.3 Å². The molecule has 0 saturated carbocycles. The summed E-state index contributed by atoms with van der Waals surface area (Å²) < 4.78 is 1.67. The number of benzene rings is 1. The van der Waals surface area contributed by atoms with Gasteiger partial charge in [-0.15, -0.1) is 0 Å². The second-order valence-corrected chi connectivity index (χ2v) is 11.1. The van der Waals surface area contributed by atoms with Crippen LogP contribution in [0.25, 0.3) is 11.3 Å². The first-order valence-corrected chi connectivity index (χ1v) is 13.8. The molecule has 1 aromatic carbocycles. The fourth-order valence-electron chi connectivity index (χ4n) is 4.82. The van der Waals surface area contributed by atoms with Gasteiger partial charge in [-0.05, 0) is 49.9 Å². The molecule has 3 heterocycles. The quantitative estimate of drug-likeness (QED) is 0.249. The summed E-state index contributed by atoms with van der Waals surface area (Å²) in [5.41, 5.74) is 1.85. The molecule has 12 heteroatoms. The van der Waals surface area contributed by atoms with Crippen molar-refractivity contribution in [1.29, 1.82) is 0 Å². The molecule has 0 saturated heterocycles. The first-order valence-electron chi connectivity index (χ1n) is 13.8. The van der Waals surface area contributed by atoms with Crippen molar-refractivity contribution in [2.24, 2.45) is 11.1 Å². The van der Waals surface area contributed by atoms with Gasteiger partial charge in [0.1, 0.15) is 5.69 Å². The van der Waals surface area contributed by atoms with E-state index in [0.29, 0.717) is 23.5 Å². The van der Waals surface area contributed by atoms with Crippen LogP contribution in [0.3, 0.4) is 0 Å². The average molecular weight is 560 g/mol. The standard InChI is InChI=1S/C29H37BN6O5/c1-19(2)14-26(30(39)40)33-28(38)29(16-21-8-6-5-7-9-21)17-23(35-41-29)18-32-27(37)25-15-24(34-36(25)20(3)4)22-10-12-31-13-11-22/h5-13,15,19-20,26,39-40H,14,16-18H2,1-4H3,(H,32,37)(H,33,38). The van der Waals surface area contributed by atoms with E-state index < -0.39 is 24.6 Å². The molecule has 3 aromatic rings. The molecule has 216 valence electrons. The SMILES string of the molecule is CC(C)CC(NC(=O)C1(Cc2ccccc2)CC(CNC(=O)c2cc(-c3ccncc3)nn2C(C)C)=NO1)B(O)O. The number of pyridine rings is 1. The maximum atomic E-state index is 13.6. The van der Waals surface area contributed by atoms with Crippen LogP contribution in [0.4, 0.5) is 0 Å². The highest BCUT2D eigenvalue weighted by Gasteiger charge is 2.48. The van der Waals surface area contributed by atoms with Crippen LogP contribution in [0.5, 0.6) is 0 Å². The minimum absolute atomic E-state index is 0.0543. The summed E-state index contributed by atoms with van der Waals surface area (Å²) in [5.74, 6) is -1.57. The molecule has 0 radical (unpaired) electrons. The van der Waals surface area contributed by atoms with Gasteiger partial charge in [-0.2, -0.15) is 5.10 Å². The van der Waals surface area contributed by atoms with E-state index >= 15 is 0 Å². The summed E-state index contributed by atoms with van der Waals surface area (Å²) in [6.07, 6.45) is 4.05. The van der Waals surface area contributed by atoms with E-state index in [4.69, 9.17) is 4.84 Å². The maximum Gasteiger partial charge on any atom is 0.475 e. The summed E-state index contributed by atoms with van der Waals surface area (Å²) in [7, 11) is -1.72. The van der Waals surface area contributed by atoms with Crippen LogP contribution in [0.1, 0.15) is 62.6 Å². The first-order chi connectivity index (χ1) is 19.6. The molecular weight excluding hydrogens is 523 g/mol. The van der Waals surface area contributed by atoms with E-state index in [2.05, 4.69) is 25.9 Å². The van der Waals surface area contributed by atoms with Crippen molar-refractivity contribution in [3.05, 3.63) is 72.2 Å². The predicted molar refractivity (Wildman–Crippen MR) is 156 cm³/mol. The van der Waals surface area contributed by atoms with Crippen molar-refractivity contribution < 1.29 is 24.5 Å². The Morgan fingerprint density at radius 3 is 2.44 bits per heavy atom. The lowest BCUT2D eigenvalue weighted by molar-refractivity contribution is -0.144. The normalized spacial score (nSPS) is 17.2. The highest BCUT2D eigenvalue weighted by Crippen LogP contribution is 2.29. The average Bonchev–Trinajstić information content (AvgIpc) is 3.58. The van der Waals surface area contributed by atoms with Gasteiger partial charge in [0, 0.05) is 36.8 Å². The van der Waals surface area contributed by atoms with Gasteiger partial charge in [0.15, 0.2) is 0 Å². The minimum atomic E-state index is -1.72. The van der Waals surface area contributed by atoms with Crippen molar-refractivity contribution in [2.45, 2.75) is 64.5 Å². The molecular formula is C29H37BN6O5. The summed E-state index contributed by atoms with van der Waals surface area (Å²) in [6.45, 7) is 7.82. The lowest BCUT2D eigenvalue weighted by Crippen LogP contribution is -2.56. The topological polar surface area (TPSA) is 151 Å². The molecule has 1 aliphatic rings. The summed E-state index contributed by atoms with van der Waals surface area (Å²) in [6, 6.07) is 14.7. The Kier molecular flexibility index (Phi) is 9.56. The number of carbonyl (C=O) groups is 2. The molecule has 11 nitrogen and oxygen atoms in total. The lowest BCUT2D eigenvalue weighted by atomic mass is 9.74. The molecule has 2 aromatic heterocycles. The number of hydrogen-bond acceptors (Lipinski definition) is 8. The zero-order valence-electron chi connectivity index (χ0n) is 23.8. The van der Waals surface area contributed by atoms with Crippen molar-refractivity contribution in [2.75, 3.05) is 6.54 Å². The smallest absolute Gasteiger partial charge is 0.426 e. The second kappa shape index (κ2) is 13.1. The number of nitrogens with one attached hydrogen (secondary N) is 2. The third-order valence-corrected chi connectivity index (χ3v) is 6.87. The predicted octanol–water partition coefficient (Wildman–Crippen LogP) is 2.56. The Labute approximate surface area is 240 Å².